The lowest BCUT2D eigenvalue weighted by atomic mass is 10.1. The van der Waals surface area contributed by atoms with Gasteiger partial charge in [0.05, 0.1) is 11.6 Å². The van der Waals surface area contributed by atoms with Gasteiger partial charge in [-0.05, 0) is 38.0 Å². The molecule has 1 aromatic carbocycles. The summed E-state index contributed by atoms with van der Waals surface area (Å²) in [6.45, 7) is 8.77. The Hall–Kier alpha value is -2.62. The highest BCUT2D eigenvalue weighted by Crippen LogP contribution is 2.30. The number of hydrogen-bond donors (Lipinski definition) is 2. The van der Waals surface area contributed by atoms with Gasteiger partial charge in [0.1, 0.15) is 12.2 Å². The molecule has 2 aromatic rings. The Morgan fingerprint density at radius 3 is 2.81 bits per heavy atom. The standard InChI is InChI=1S/C21H31F3N6O/c1-4-19-29-27-15-30(19)12-11-26-20(25-10-7-13-31-5-2)28-16(3)17-8-6-9-18(14-17)21(22,23)24/h6,8-9,14-16H,4-5,7,10-13H2,1-3H3,(H2,25,26,28). The number of nitrogens with one attached hydrogen (secondary N) is 2. The highest BCUT2D eigenvalue weighted by molar-refractivity contribution is 5.80. The molecule has 0 amide bonds. The molecular weight excluding hydrogens is 409 g/mol. The number of nitrogens with zero attached hydrogens (tertiary/aromatic N) is 4. The van der Waals surface area contributed by atoms with E-state index < -0.39 is 11.7 Å². The molecule has 31 heavy (non-hydrogen) atoms. The largest absolute Gasteiger partial charge is 0.416 e. The Balaban J connectivity index is 2.02. The first kappa shape index (κ1) is 24.6. The summed E-state index contributed by atoms with van der Waals surface area (Å²) in [6, 6.07) is 4.96. The molecule has 1 unspecified atom stereocenters. The minimum Gasteiger partial charge on any atom is -0.382 e. The molecule has 0 saturated carbocycles. The number of halogens is 3. The third-order valence-corrected chi connectivity index (χ3v) is 4.65. The second-order valence-corrected chi connectivity index (χ2v) is 6.99. The van der Waals surface area contributed by atoms with E-state index in [1.165, 1.54) is 6.07 Å². The fraction of sp³-hybridized carbons (Fsp3) is 0.571. The summed E-state index contributed by atoms with van der Waals surface area (Å²) in [5.41, 5.74) is -0.132. The van der Waals surface area contributed by atoms with Crippen molar-refractivity contribution in [1.29, 1.82) is 0 Å². The zero-order valence-electron chi connectivity index (χ0n) is 18.2. The zero-order valence-corrected chi connectivity index (χ0v) is 18.2. The van der Waals surface area contributed by atoms with Crippen LogP contribution in [-0.2, 0) is 23.9 Å². The van der Waals surface area contributed by atoms with Crippen LogP contribution in [0.15, 0.2) is 35.6 Å². The first-order valence-corrected chi connectivity index (χ1v) is 10.5. The van der Waals surface area contributed by atoms with Crippen LogP contribution < -0.4 is 10.6 Å². The summed E-state index contributed by atoms with van der Waals surface area (Å²) in [5.74, 6) is 1.43. The van der Waals surface area contributed by atoms with Gasteiger partial charge in [-0.3, -0.25) is 4.99 Å². The quantitative estimate of drug-likeness (QED) is 0.317. The summed E-state index contributed by atoms with van der Waals surface area (Å²) >= 11 is 0. The Kier molecular flexibility index (Phi) is 9.77. The first-order valence-electron chi connectivity index (χ1n) is 10.5. The molecule has 0 aliphatic carbocycles. The van der Waals surface area contributed by atoms with Crippen LogP contribution in [0.5, 0.6) is 0 Å². The number of alkyl halides is 3. The van der Waals surface area contributed by atoms with Crippen molar-refractivity contribution >= 4 is 5.96 Å². The van der Waals surface area contributed by atoms with Crippen LogP contribution in [0.25, 0.3) is 0 Å². The molecule has 0 saturated heterocycles. The normalized spacial score (nSPS) is 13.3. The number of guanidine groups is 1. The van der Waals surface area contributed by atoms with E-state index in [0.29, 0.717) is 44.4 Å². The molecule has 0 fully saturated rings. The smallest absolute Gasteiger partial charge is 0.382 e. The maximum absolute atomic E-state index is 13.0. The maximum atomic E-state index is 13.0. The van der Waals surface area contributed by atoms with Crippen LogP contribution in [0.1, 0.15) is 50.2 Å². The summed E-state index contributed by atoms with van der Waals surface area (Å²) in [6.07, 6.45) is -1.16. The number of rotatable bonds is 11. The molecule has 1 aromatic heterocycles. The summed E-state index contributed by atoms with van der Waals surface area (Å²) < 4.78 is 46.4. The van der Waals surface area contributed by atoms with Gasteiger partial charge >= 0.3 is 6.18 Å². The molecule has 10 heteroatoms. The Morgan fingerprint density at radius 1 is 1.29 bits per heavy atom. The lowest BCUT2D eigenvalue weighted by Gasteiger charge is -2.20. The molecule has 1 heterocycles. The van der Waals surface area contributed by atoms with Gasteiger partial charge in [0, 0.05) is 39.3 Å². The van der Waals surface area contributed by atoms with Crippen molar-refractivity contribution in [2.75, 3.05) is 26.3 Å². The molecule has 0 radical (unpaired) electrons. The average molecular weight is 441 g/mol. The molecule has 0 aliphatic rings. The van der Waals surface area contributed by atoms with E-state index in [4.69, 9.17) is 4.74 Å². The van der Waals surface area contributed by atoms with Gasteiger partial charge in [0.25, 0.3) is 0 Å². The lowest BCUT2D eigenvalue weighted by molar-refractivity contribution is -0.137. The second-order valence-electron chi connectivity index (χ2n) is 6.99. The molecule has 172 valence electrons. The lowest BCUT2D eigenvalue weighted by Crippen LogP contribution is -2.40. The van der Waals surface area contributed by atoms with Crippen LogP contribution in [0.3, 0.4) is 0 Å². The Morgan fingerprint density at radius 2 is 2.10 bits per heavy atom. The first-order chi connectivity index (χ1) is 14.8. The van der Waals surface area contributed by atoms with E-state index in [2.05, 4.69) is 25.8 Å². The topological polar surface area (TPSA) is 76.4 Å². The minimum atomic E-state index is -4.38. The number of aromatic nitrogens is 3. The molecule has 0 bridgehead atoms. The van der Waals surface area contributed by atoms with Gasteiger partial charge in [0.15, 0.2) is 5.96 Å². The third-order valence-electron chi connectivity index (χ3n) is 4.65. The number of hydrogen-bond acceptors (Lipinski definition) is 4. The van der Waals surface area contributed by atoms with E-state index in [1.54, 1.807) is 12.4 Å². The summed E-state index contributed by atoms with van der Waals surface area (Å²) in [7, 11) is 0. The summed E-state index contributed by atoms with van der Waals surface area (Å²) in [5, 5.41) is 14.4. The molecule has 2 rings (SSSR count). The highest BCUT2D eigenvalue weighted by atomic mass is 19.4. The van der Waals surface area contributed by atoms with Crippen molar-refractivity contribution < 1.29 is 17.9 Å². The molecule has 0 spiro atoms. The van der Waals surface area contributed by atoms with E-state index in [9.17, 15) is 13.2 Å². The fourth-order valence-electron chi connectivity index (χ4n) is 2.96. The highest BCUT2D eigenvalue weighted by Gasteiger charge is 2.30. The van der Waals surface area contributed by atoms with Gasteiger partial charge in [-0.25, -0.2) is 0 Å². The van der Waals surface area contributed by atoms with Crippen molar-refractivity contribution in [2.45, 2.75) is 52.4 Å². The van der Waals surface area contributed by atoms with Gasteiger partial charge in [-0.2, -0.15) is 13.2 Å². The fourth-order valence-corrected chi connectivity index (χ4v) is 2.96. The molecule has 0 aliphatic heterocycles. The van der Waals surface area contributed by atoms with Crippen LogP contribution in [0, 0.1) is 0 Å². The van der Waals surface area contributed by atoms with Crippen LogP contribution >= 0.6 is 0 Å². The molecule has 7 nitrogen and oxygen atoms in total. The van der Waals surface area contributed by atoms with Crippen molar-refractivity contribution in [3.8, 4) is 0 Å². The second kappa shape index (κ2) is 12.3. The number of aliphatic imine (C=N–C) groups is 1. The predicted molar refractivity (Wildman–Crippen MR) is 114 cm³/mol. The number of benzene rings is 1. The minimum absolute atomic E-state index is 0.360. The number of aryl methyl sites for hydroxylation is 1. The van der Waals surface area contributed by atoms with Crippen LogP contribution in [-0.4, -0.2) is 47.0 Å². The molecule has 1 atom stereocenters. The van der Waals surface area contributed by atoms with Gasteiger partial charge in [-0.15, -0.1) is 10.2 Å². The van der Waals surface area contributed by atoms with Gasteiger partial charge in [0.2, 0.25) is 0 Å². The van der Waals surface area contributed by atoms with E-state index >= 15 is 0 Å². The van der Waals surface area contributed by atoms with Crippen LogP contribution in [0.2, 0.25) is 0 Å². The molecule has 2 N–H and O–H groups in total. The average Bonchev–Trinajstić information content (AvgIpc) is 3.20. The van der Waals surface area contributed by atoms with Crippen molar-refractivity contribution in [1.82, 2.24) is 25.4 Å². The predicted octanol–water partition coefficient (Wildman–Crippen LogP) is 3.58. The van der Waals surface area contributed by atoms with Gasteiger partial charge in [-0.1, -0.05) is 19.1 Å². The third kappa shape index (κ3) is 8.20. The summed E-state index contributed by atoms with van der Waals surface area (Å²) in [4.78, 5) is 4.55. The van der Waals surface area contributed by atoms with Crippen molar-refractivity contribution in [3.05, 3.63) is 47.5 Å². The zero-order chi connectivity index (χ0) is 22.7. The maximum Gasteiger partial charge on any atom is 0.416 e. The Labute approximate surface area is 181 Å². The van der Waals surface area contributed by atoms with Gasteiger partial charge < -0.3 is 19.9 Å². The molecular formula is C21H31F3N6O. The van der Waals surface area contributed by atoms with Crippen LogP contribution in [0.4, 0.5) is 13.2 Å². The van der Waals surface area contributed by atoms with E-state index in [0.717, 1.165) is 30.8 Å². The Bertz CT molecular complexity index is 821. The number of ether oxygens (including phenoxy) is 1. The van der Waals surface area contributed by atoms with E-state index in [-0.39, 0.29) is 6.04 Å². The SMILES string of the molecule is CCOCCCN=C(NCCn1cnnc1CC)NC(C)c1cccc(C(F)(F)F)c1. The van der Waals surface area contributed by atoms with E-state index in [1.807, 2.05) is 25.3 Å². The monoisotopic (exact) mass is 440 g/mol. The van der Waals surface area contributed by atoms with Crippen molar-refractivity contribution in [2.24, 2.45) is 4.99 Å². The van der Waals surface area contributed by atoms with Crippen molar-refractivity contribution in [3.63, 3.8) is 0 Å².